The largest absolute Gasteiger partial charge is 0.482 e. The first-order valence-electron chi connectivity index (χ1n) is 19.5. The summed E-state index contributed by atoms with van der Waals surface area (Å²) in [4.78, 5) is 14.3. The number of imidazole rings is 1. The Hall–Kier alpha value is -4.68. The third kappa shape index (κ3) is 8.51. The molecule has 0 saturated carbocycles. The summed E-state index contributed by atoms with van der Waals surface area (Å²) in [5.41, 5.74) is 11.6. The number of pyridine rings is 2. The van der Waals surface area contributed by atoms with Crippen LogP contribution < -0.4 is 5.19 Å². The number of aromatic nitrogens is 4. The summed E-state index contributed by atoms with van der Waals surface area (Å²) in [5, 5.41) is 3.55. The van der Waals surface area contributed by atoms with Gasteiger partial charge in [-0.1, -0.05) is 128 Å². The Bertz CT molecular complexity index is 2590. The number of para-hydroxylation sites is 3. The van der Waals surface area contributed by atoms with Crippen LogP contribution in [0.5, 0.6) is 0 Å². The van der Waals surface area contributed by atoms with E-state index in [9.17, 15) is 0 Å². The molecule has 5 nitrogen and oxygen atoms in total. The minimum absolute atomic E-state index is 0. The molecule has 0 aliphatic rings. The fraction of sp³-hybridized carbons (Fsp3) is 0.286. The first kappa shape index (κ1) is 41.0. The van der Waals surface area contributed by atoms with E-state index >= 15 is 0 Å². The molecule has 8 rings (SSSR count). The van der Waals surface area contributed by atoms with E-state index in [1.807, 2.05) is 30.3 Å². The van der Waals surface area contributed by atoms with Gasteiger partial charge < -0.3 is 19.0 Å². The van der Waals surface area contributed by atoms with Gasteiger partial charge in [-0.05, 0) is 81.5 Å². The monoisotopic (exact) mass is 933 g/mol. The number of rotatable bonds is 7. The fourth-order valence-corrected chi connectivity index (χ4v) is 8.88. The maximum atomic E-state index is 6.18. The molecule has 7 heteroatoms. The molecule has 0 aliphatic carbocycles. The van der Waals surface area contributed by atoms with Crippen molar-refractivity contribution < 1.29 is 24.5 Å². The number of hydrogen-bond donors (Lipinski definition) is 0. The maximum absolute atomic E-state index is 6.18. The Kier molecular flexibility index (Phi) is 12.0. The average molecular weight is 933 g/mol. The van der Waals surface area contributed by atoms with Gasteiger partial charge in [0.25, 0.3) is 0 Å². The van der Waals surface area contributed by atoms with Crippen molar-refractivity contribution >= 4 is 46.4 Å². The molecule has 0 N–H and O–H groups in total. The summed E-state index contributed by atoms with van der Waals surface area (Å²) in [6.07, 6.45) is 6.46. The third-order valence-electron chi connectivity index (χ3n) is 10.2. The second-order valence-electron chi connectivity index (χ2n) is 17.4. The van der Waals surface area contributed by atoms with Gasteiger partial charge in [0.1, 0.15) is 11.3 Å². The van der Waals surface area contributed by atoms with Crippen molar-refractivity contribution in [3.05, 3.63) is 138 Å². The molecule has 56 heavy (non-hydrogen) atoms. The van der Waals surface area contributed by atoms with Crippen molar-refractivity contribution in [2.24, 2.45) is 5.92 Å². The normalized spacial score (nSPS) is 12.0. The van der Waals surface area contributed by atoms with Crippen LogP contribution in [0.3, 0.4) is 0 Å². The summed E-state index contributed by atoms with van der Waals surface area (Å²) in [6.45, 7) is 22.8. The minimum atomic E-state index is -1.34. The van der Waals surface area contributed by atoms with Gasteiger partial charge in [0.05, 0.1) is 24.9 Å². The molecule has 0 fully saturated rings. The van der Waals surface area contributed by atoms with Crippen LogP contribution in [-0.2, 0) is 31.9 Å². The number of fused-ring (bicyclic) bond motifs is 4. The van der Waals surface area contributed by atoms with Crippen molar-refractivity contribution in [3.8, 4) is 28.3 Å². The Balaban J connectivity index is 0.000000217. The zero-order chi connectivity index (χ0) is 39.1. The van der Waals surface area contributed by atoms with E-state index in [1.165, 1.54) is 21.9 Å². The van der Waals surface area contributed by atoms with E-state index in [0.717, 1.165) is 62.1 Å². The number of furan rings is 1. The van der Waals surface area contributed by atoms with E-state index in [1.54, 1.807) is 0 Å². The van der Waals surface area contributed by atoms with Crippen molar-refractivity contribution in [2.45, 2.75) is 85.9 Å². The van der Waals surface area contributed by atoms with E-state index in [-0.39, 0.29) is 25.5 Å². The molecular weight excluding hydrogens is 881 g/mol. The molecule has 4 aromatic heterocycles. The topological polar surface area (TPSA) is 56.7 Å². The smallest absolute Gasteiger partial charge is 0.141 e. The summed E-state index contributed by atoms with van der Waals surface area (Å²) >= 11 is 0. The van der Waals surface area contributed by atoms with Crippen LogP contribution in [-0.4, -0.2) is 27.6 Å². The second kappa shape index (κ2) is 16.4. The predicted octanol–water partition coefficient (Wildman–Crippen LogP) is 12.5. The van der Waals surface area contributed by atoms with E-state index in [0.29, 0.717) is 17.5 Å². The van der Waals surface area contributed by atoms with Crippen molar-refractivity contribution in [2.75, 3.05) is 0 Å². The minimum Gasteiger partial charge on any atom is -0.482 e. The van der Waals surface area contributed by atoms with Gasteiger partial charge in [0.15, 0.2) is 0 Å². The zero-order valence-corrected chi connectivity index (χ0v) is 37.7. The second-order valence-corrected chi connectivity index (χ2v) is 22.4. The molecule has 289 valence electrons. The van der Waals surface area contributed by atoms with Gasteiger partial charge in [0.2, 0.25) is 0 Å². The van der Waals surface area contributed by atoms with Gasteiger partial charge in [-0.2, -0.15) is 0 Å². The molecule has 4 heterocycles. The van der Waals surface area contributed by atoms with Crippen LogP contribution in [0.2, 0.25) is 19.6 Å². The summed E-state index contributed by atoms with van der Waals surface area (Å²) in [5.74, 6) is 1.85. The molecule has 0 amide bonds. The summed E-state index contributed by atoms with van der Waals surface area (Å²) in [7, 11) is -1.34. The fourth-order valence-electron chi connectivity index (χ4n) is 7.29. The number of hydrogen-bond acceptors (Lipinski definition) is 4. The van der Waals surface area contributed by atoms with Crippen LogP contribution in [0.25, 0.3) is 61.4 Å². The molecule has 0 saturated heterocycles. The van der Waals surface area contributed by atoms with Gasteiger partial charge in [-0.3, -0.25) is 4.98 Å². The SMILES string of the molecule is CC(C)Cc1cc(-c2[c-]cccc2)ncc1[Si](C)(C)C.CC(C)c1cccc2c1oc1n[c-]c(-c3nc4ccccc4n3-c3ccc(C(C)(C)C)cc3)cc12.[Ir]. The molecule has 0 bridgehead atoms. The molecule has 0 unspecified atom stereocenters. The Morgan fingerprint density at radius 3 is 2.20 bits per heavy atom. The van der Waals surface area contributed by atoms with Gasteiger partial charge in [-0.25, -0.2) is 0 Å². The van der Waals surface area contributed by atoms with Crippen LogP contribution in [0, 0.1) is 18.2 Å². The number of nitrogens with zero attached hydrogens (tertiary/aromatic N) is 4. The van der Waals surface area contributed by atoms with Crippen LogP contribution in [0.4, 0.5) is 0 Å². The molecule has 0 aliphatic heterocycles. The maximum Gasteiger partial charge on any atom is 0.141 e. The summed E-state index contributed by atoms with van der Waals surface area (Å²) in [6, 6.07) is 39.0. The van der Waals surface area contributed by atoms with Crippen molar-refractivity contribution in [3.63, 3.8) is 0 Å². The Morgan fingerprint density at radius 2 is 1.54 bits per heavy atom. The van der Waals surface area contributed by atoms with Gasteiger partial charge in [-0.15, -0.1) is 42.0 Å². The van der Waals surface area contributed by atoms with Gasteiger partial charge in [0, 0.05) is 37.4 Å². The predicted molar refractivity (Wildman–Crippen MR) is 233 cm³/mol. The Morgan fingerprint density at radius 1 is 0.804 bits per heavy atom. The molecule has 8 aromatic rings. The zero-order valence-electron chi connectivity index (χ0n) is 34.3. The quantitative estimate of drug-likeness (QED) is 0.118. The van der Waals surface area contributed by atoms with Crippen LogP contribution in [0.1, 0.15) is 71.1 Å². The molecule has 0 spiro atoms. The van der Waals surface area contributed by atoms with E-state index < -0.39 is 8.07 Å². The molecule has 4 aromatic carbocycles. The third-order valence-corrected chi connectivity index (χ3v) is 12.2. The van der Waals surface area contributed by atoms with Crippen molar-refractivity contribution in [1.82, 2.24) is 19.5 Å². The van der Waals surface area contributed by atoms with E-state index in [2.05, 4.69) is 174 Å². The van der Waals surface area contributed by atoms with Gasteiger partial charge >= 0.3 is 0 Å². The summed E-state index contributed by atoms with van der Waals surface area (Å²) < 4.78 is 8.38. The van der Waals surface area contributed by atoms with Crippen LogP contribution >= 0.6 is 0 Å². The molecule has 1 radical (unpaired) electrons. The molecular formula is C49H52IrN4OSi-2. The number of benzene rings is 4. The average Bonchev–Trinajstić information content (AvgIpc) is 3.73. The van der Waals surface area contributed by atoms with E-state index in [4.69, 9.17) is 9.40 Å². The first-order valence-corrected chi connectivity index (χ1v) is 23.0. The Labute approximate surface area is 347 Å². The molecule has 0 atom stereocenters. The van der Waals surface area contributed by atoms with Crippen LogP contribution in [0.15, 0.2) is 114 Å². The standard InChI is InChI=1S/C31H28N3O.C18H24NSi.Ir/c1-19(2)23-9-8-10-24-25-17-20(18-32-30(25)35-28(23)24)29-33-26-11-6-7-12-27(26)34(29)22-15-13-21(14-16-22)31(3,4)5;1-14(2)11-16-12-17(15-9-7-6-8-10-15)19-13-18(16)20(3,4)5;/h6-17,19H,1-5H3;6-9,12-14H,11H2,1-5H3;/q2*-1;. The van der Waals surface area contributed by atoms with Crippen molar-refractivity contribution in [1.29, 1.82) is 0 Å². The first-order chi connectivity index (χ1) is 26.2.